The lowest BCUT2D eigenvalue weighted by Gasteiger charge is -2.35. The van der Waals surface area contributed by atoms with Crippen LogP contribution in [0.3, 0.4) is 0 Å². The van der Waals surface area contributed by atoms with E-state index in [1.165, 1.54) is 0 Å². The molecule has 0 radical (unpaired) electrons. The van der Waals surface area contributed by atoms with Crippen LogP contribution in [0.4, 0.5) is 4.79 Å². The van der Waals surface area contributed by atoms with Crippen LogP contribution in [0.5, 0.6) is 0 Å². The van der Waals surface area contributed by atoms with E-state index in [9.17, 15) is 9.59 Å². The van der Waals surface area contributed by atoms with E-state index >= 15 is 0 Å². The van der Waals surface area contributed by atoms with Crippen molar-refractivity contribution in [2.45, 2.75) is 57.7 Å². The Morgan fingerprint density at radius 1 is 1.25 bits per heavy atom. The molecule has 0 saturated heterocycles. The van der Waals surface area contributed by atoms with Gasteiger partial charge in [-0.3, -0.25) is 4.79 Å². The average Bonchev–Trinajstić information content (AvgIpc) is 2.28. The molecule has 1 unspecified atom stereocenters. The fraction of sp³-hybridized carbons (Fsp3) is 0.857. The van der Waals surface area contributed by atoms with Gasteiger partial charge in [0.15, 0.2) is 0 Å². The molecule has 1 aliphatic rings. The van der Waals surface area contributed by atoms with Gasteiger partial charge in [-0.1, -0.05) is 0 Å². The topological polar surface area (TPSA) is 84.7 Å². The van der Waals surface area contributed by atoms with Crippen LogP contribution in [-0.2, 0) is 9.53 Å². The Kier molecular flexibility index (Phi) is 5.39. The zero-order valence-corrected chi connectivity index (χ0v) is 13.1. The lowest BCUT2D eigenvalue weighted by Crippen LogP contribution is -2.53. The molecule has 116 valence electrons. The lowest BCUT2D eigenvalue weighted by molar-refractivity contribution is -0.134. The second-order valence-corrected chi connectivity index (χ2v) is 6.66. The molecule has 0 aliphatic heterocycles. The van der Waals surface area contributed by atoms with Crippen LogP contribution in [0.15, 0.2) is 0 Å². The number of nitrogens with zero attached hydrogens (tertiary/aromatic N) is 1. The molecule has 6 heteroatoms. The molecule has 20 heavy (non-hydrogen) atoms. The highest BCUT2D eigenvalue weighted by atomic mass is 16.6. The largest absolute Gasteiger partial charge is 0.444 e. The first-order valence-electron chi connectivity index (χ1n) is 7.06. The van der Waals surface area contributed by atoms with Gasteiger partial charge in [-0.15, -0.1) is 0 Å². The number of nitrogens with one attached hydrogen (secondary N) is 1. The van der Waals surface area contributed by atoms with Gasteiger partial charge in [-0.2, -0.15) is 0 Å². The van der Waals surface area contributed by atoms with E-state index in [4.69, 9.17) is 10.5 Å². The van der Waals surface area contributed by atoms with Gasteiger partial charge in [-0.25, -0.2) is 4.79 Å². The summed E-state index contributed by atoms with van der Waals surface area (Å²) >= 11 is 0. The van der Waals surface area contributed by atoms with Crippen LogP contribution < -0.4 is 11.1 Å². The predicted molar refractivity (Wildman–Crippen MR) is 77.2 cm³/mol. The highest BCUT2D eigenvalue weighted by Gasteiger charge is 2.34. The van der Waals surface area contributed by atoms with Crippen molar-refractivity contribution in [2.24, 2.45) is 11.7 Å². The Hall–Kier alpha value is -1.30. The van der Waals surface area contributed by atoms with Gasteiger partial charge in [0.1, 0.15) is 5.60 Å². The minimum atomic E-state index is -0.540. The molecular weight excluding hydrogens is 258 g/mol. The van der Waals surface area contributed by atoms with Crippen molar-refractivity contribution in [3.05, 3.63) is 0 Å². The smallest absolute Gasteiger partial charge is 0.407 e. The summed E-state index contributed by atoms with van der Waals surface area (Å²) in [5.41, 5.74) is 5.49. The molecule has 1 saturated carbocycles. The highest BCUT2D eigenvalue weighted by molar-refractivity contribution is 5.78. The summed E-state index contributed by atoms with van der Waals surface area (Å²) in [6.07, 6.45) is 1.59. The summed E-state index contributed by atoms with van der Waals surface area (Å²) in [4.78, 5) is 25.4. The predicted octanol–water partition coefficient (Wildman–Crippen LogP) is 1.10. The fourth-order valence-electron chi connectivity index (χ4n) is 2.41. The molecule has 3 N–H and O–H groups in total. The maximum atomic E-state index is 12.0. The van der Waals surface area contributed by atoms with E-state index in [0.29, 0.717) is 6.42 Å². The van der Waals surface area contributed by atoms with E-state index in [0.717, 1.165) is 12.8 Å². The van der Waals surface area contributed by atoms with E-state index in [-0.39, 0.29) is 23.9 Å². The van der Waals surface area contributed by atoms with Crippen LogP contribution in [0.1, 0.15) is 40.0 Å². The molecule has 3 atom stereocenters. The van der Waals surface area contributed by atoms with Crippen LogP contribution in [0, 0.1) is 5.92 Å². The molecule has 0 aromatic heterocycles. The minimum absolute atomic E-state index is 0.0789. The third kappa shape index (κ3) is 5.00. The number of ether oxygens (including phenoxy) is 1. The van der Waals surface area contributed by atoms with Gasteiger partial charge in [0, 0.05) is 32.1 Å². The minimum Gasteiger partial charge on any atom is -0.444 e. The number of amides is 2. The Balaban J connectivity index is 2.59. The quantitative estimate of drug-likeness (QED) is 0.795. The van der Waals surface area contributed by atoms with E-state index in [1.807, 2.05) is 20.8 Å². The van der Waals surface area contributed by atoms with Crippen molar-refractivity contribution in [3.63, 3.8) is 0 Å². The number of carbonyl (C=O) groups is 2. The Morgan fingerprint density at radius 3 is 2.35 bits per heavy atom. The summed E-state index contributed by atoms with van der Waals surface area (Å²) in [5, 5.41) is 2.79. The summed E-state index contributed by atoms with van der Waals surface area (Å²) in [5.74, 6) is 0.0117. The highest BCUT2D eigenvalue weighted by Crippen LogP contribution is 2.25. The monoisotopic (exact) mass is 285 g/mol. The molecule has 1 rings (SSSR count). The summed E-state index contributed by atoms with van der Waals surface area (Å²) in [6.45, 7) is 5.43. The Bertz CT molecular complexity index is 363. The third-order valence-corrected chi connectivity index (χ3v) is 3.40. The first-order valence-corrected chi connectivity index (χ1v) is 7.06. The van der Waals surface area contributed by atoms with Gasteiger partial charge in [0.25, 0.3) is 0 Å². The van der Waals surface area contributed by atoms with Crippen molar-refractivity contribution in [1.82, 2.24) is 10.2 Å². The standard InChI is InChI=1S/C14H27N3O3/c1-14(2,3)20-13(19)16-11-8-9(6-7-10(11)15)12(18)17(4)5/h9-11H,6-8,15H2,1-5H3,(H,16,19)/t9?,10-,11+/m0/s1. The van der Waals surface area contributed by atoms with Crippen molar-refractivity contribution in [3.8, 4) is 0 Å². The zero-order valence-electron chi connectivity index (χ0n) is 13.1. The summed E-state index contributed by atoms with van der Waals surface area (Å²) in [7, 11) is 3.49. The van der Waals surface area contributed by atoms with Crippen molar-refractivity contribution < 1.29 is 14.3 Å². The van der Waals surface area contributed by atoms with Gasteiger partial charge >= 0.3 is 6.09 Å². The number of hydrogen-bond acceptors (Lipinski definition) is 4. The van der Waals surface area contributed by atoms with Crippen molar-refractivity contribution in [1.29, 1.82) is 0 Å². The van der Waals surface area contributed by atoms with Gasteiger partial charge in [-0.05, 0) is 40.0 Å². The fourth-order valence-corrected chi connectivity index (χ4v) is 2.41. The van der Waals surface area contributed by atoms with E-state index in [1.54, 1.807) is 19.0 Å². The van der Waals surface area contributed by atoms with Gasteiger partial charge < -0.3 is 20.7 Å². The molecular formula is C14H27N3O3. The van der Waals surface area contributed by atoms with Crippen LogP contribution >= 0.6 is 0 Å². The normalized spacial score (nSPS) is 26.8. The summed E-state index contributed by atoms with van der Waals surface area (Å²) in [6, 6.07) is -0.346. The van der Waals surface area contributed by atoms with Crippen molar-refractivity contribution in [2.75, 3.05) is 14.1 Å². The maximum Gasteiger partial charge on any atom is 0.407 e. The first-order chi connectivity index (χ1) is 9.10. The Morgan fingerprint density at radius 2 is 1.85 bits per heavy atom. The van der Waals surface area contributed by atoms with Crippen LogP contribution in [0.25, 0.3) is 0 Å². The van der Waals surface area contributed by atoms with Gasteiger partial charge in [0.2, 0.25) is 5.91 Å². The van der Waals surface area contributed by atoms with E-state index in [2.05, 4.69) is 5.32 Å². The number of hydrogen-bond donors (Lipinski definition) is 2. The summed E-state index contributed by atoms with van der Waals surface area (Å²) < 4.78 is 5.23. The number of alkyl carbamates (subject to hydrolysis) is 1. The molecule has 0 aromatic carbocycles. The lowest BCUT2D eigenvalue weighted by atomic mass is 9.82. The molecule has 2 amide bonds. The zero-order chi connectivity index (χ0) is 15.5. The van der Waals surface area contributed by atoms with Crippen molar-refractivity contribution >= 4 is 12.0 Å². The molecule has 0 bridgehead atoms. The van der Waals surface area contributed by atoms with Crippen LogP contribution in [-0.4, -0.2) is 48.7 Å². The molecule has 1 fully saturated rings. The van der Waals surface area contributed by atoms with Gasteiger partial charge in [0.05, 0.1) is 0 Å². The number of nitrogens with two attached hydrogens (primary N) is 1. The third-order valence-electron chi connectivity index (χ3n) is 3.40. The molecule has 1 aliphatic carbocycles. The molecule has 0 heterocycles. The number of rotatable bonds is 2. The van der Waals surface area contributed by atoms with E-state index < -0.39 is 11.7 Å². The second kappa shape index (κ2) is 6.43. The average molecular weight is 285 g/mol. The van der Waals surface area contributed by atoms with Crippen LogP contribution in [0.2, 0.25) is 0 Å². The molecule has 0 spiro atoms. The number of carbonyl (C=O) groups excluding carboxylic acids is 2. The maximum absolute atomic E-state index is 12.0. The SMILES string of the molecule is CN(C)C(=O)C1CC[C@H](N)[C@H](NC(=O)OC(C)(C)C)C1. The molecule has 6 nitrogen and oxygen atoms in total. The second-order valence-electron chi connectivity index (χ2n) is 6.66. The first kappa shape index (κ1) is 16.8. The Labute approximate surface area is 121 Å². The molecule has 0 aromatic rings.